The van der Waals surface area contributed by atoms with Crippen LogP contribution in [0.15, 0.2) is 47.6 Å². The lowest BCUT2D eigenvalue weighted by molar-refractivity contribution is 0.210. The molecule has 0 radical (unpaired) electrons. The van der Waals surface area contributed by atoms with Gasteiger partial charge in [0.15, 0.2) is 0 Å². The Morgan fingerprint density at radius 3 is 2.61 bits per heavy atom. The summed E-state index contributed by atoms with van der Waals surface area (Å²) in [5.41, 5.74) is 5.51. The van der Waals surface area contributed by atoms with Crippen LogP contribution in [-0.2, 0) is 24.3 Å². The molecule has 3 rings (SSSR count). The standard InChI is InChI=1S/C19H21NO3/c1-22-20-19(13-23-18-9-5-14(12-21)6-10-18)17-8-7-15-3-2-4-16(15)11-17/h5-11,21H,2-4,12-13H2,1H3/b20-19-. The van der Waals surface area contributed by atoms with Crippen molar-refractivity contribution in [3.05, 3.63) is 64.7 Å². The summed E-state index contributed by atoms with van der Waals surface area (Å²) in [6.45, 7) is 0.372. The predicted molar refractivity (Wildman–Crippen MR) is 89.9 cm³/mol. The fourth-order valence-electron chi connectivity index (χ4n) is 2.87. The van der Waals surface area contributed by atoms with Gasteiger partial charge in [-0.3, -0.25) is 0 Å². The number of aliphatic hydroxyl groups is 1. The second-order valence-corrected chi connectivity index (χ2v) is 5.65. The van der Waals surface area contributed by atoms with Crippen LogP contribution >= 0.6 is 0 Å². The number of nitrogens with zero attached hydrogens (tertiary/aromatic N) is 1. The van der Waals surface area contributed by atoms with Crippen LogP contribution in [0.5, 0.6) is 5.75 Å². The highest BCUT2D eigenvalue weighted by atomic mass is 16.6. The molecule has 0 aromatic heterocycles. The first-order valence-electron chi connectivity index (χ1n) is 7.85. The average Bonchev–Trinajstić information content (AvgIpc) is 3.06. The third-order valence-corrected chi connectivity index (χ3v) is 4.11. The number of hydrogen-bond donors (Lipinski definition) is 1. The summed E-state index contributed by atoms with van der Waals surface area (Å²) in [6, 6.07) is 13.8. The number of rotatable bonds is 6. The van der Waals surface area contributed by atoms with Crippen LogP contribution in [0, 0.1) is 0 Å². The molecule has 0 fully saturated rings. The Balaban J connectivity index is 1.72. The lowest BCUT2D eigenvalue weighted by atomic mass is 10.0. The molecule has 0 saturated heterocycles. The van der Waals surface area contributed by atoms with Crippen LogP contribution in [0.25, 0.3) is 0 Å². The highest BCUT2D eigenvalue weighted by Gasteiger charge is 2.14. The maximum Gasteiger partial charge on any atom is 0.134 e. The molecule has 4 nitrogen and oxygen atoms in total. The minimum Gasteiger partial charge on any atom is -0.487 e. The molecular weight excluding hydrogens is 290 g/mol. The van der Waals surface area contributed by atoms with Crippen molar-refractivity contribution in [2.75, 3.05) is 13.7 Å². The largest absolute Gasteiger partial charge is 0.487 e. The van der Waals surface area contributed by atoms with E-state index >= 15 is 0 Å². The van der Waals surface area contributed by atoms with E-state index in [1.165, 1.54) is 24.0 Å². The molecule has 1 aliphatic rings. The first-order valence-corrected chi connectivity index (χ1v) is 7.85. The van der Waals surface area contributed by atoms with E-state index in [0.717, 1.165) is 29.0 Å². The second-order valence-electron chi connectivity index (χ2n) is 5.65. The Labute approximate surface area is 136 Å². The summed E-state index contributed by atoms with van der Waals surface area (Å²) < 4.78 is 5.80. The number of fused-ring (bicyclic) bond motifs is 1. The molecular formula is C19H21NO3. The predicted octanol–water partition coefficient (Wildman–Crippen LogP) is 3.10. The summed E-state index contributed by atoms with van der Waals surface area (Å²) in [7, 11) is 1.55. The molecule has 23 heavy (non-hydrogen) atoms. The highest BCUT2D eigenvalue weighted by Crippen LogP contribution is 2.23. The van der Waals surface area contributed by atoms with E-state index in [0.29, 0.717) is 6.61 Å². The highest BCUT2D eigenvalue weighted by molar-refractivity contribution is 6.01. The first-order chi connectivity index (χ1) is 11.3. The van der Waals surface area contributed by atoms with Crippen molar-refractivity contribution >= 4 is 5.71 Å². The lowest BCUT2D eigenvalue weighted by Crippen LogP contribution is -2.14. The van der Waals surface area contributed by atoms with Gasteiger partial charge in [-0.15, -0.1) is 0 Å². The maximum absolute atomic E-state index is 9.07. The molecule has 0 bridgehead atoms. The van der Waals surface area contributed by atoms with Gasteiger partial charge in [0.25, 0.3) is 0 Å². The number of benzene rings is 2. The van der Waals surface area contributed by atoms with Gasteiger partial charge in [-0.1, -0.05) is 29.4 Å². The molecule has 0 atom stereocenters. The quantitative estimate of drug-likeness (QED) is 0.659. The van der Waals surface area contributed by atoms with Crippen LogP contribution in [0.3, 0.4) is 0 Å². The molecule has 4 heteroatoms. The number of hydrogen-bond acceptors (Lipinski definition) is 4. The SMILES string of the molecule is CO/N=C(/COc1ccc(CO)cc1)c1ccc2c(c1)CCC2. The van der Waals surface area contributed by atoms with Crippen LogP contribution in [0.2, 0.25) is 0 Å². The molecule has 0 unspecified atom stereocenters. The number of oxime groups is 1. The number of aliphatic hydroxyl groups excluding tert-OH is 1. The fraction of sp³-hybridized carbons (Fsp3) is 0.316. The average molecular weight is 311 g/mol. The van der Waals surface area contributed by atoms with Gasteiger partial charge in [0.05, 0.1) is 6.61 Å². The van der Waals surface area contributed by atoms with Gasteiger partial charge in [0.2, 0.25) is 0 Å². The molecule has 1 N–H and O–H groups in total. The van der Waals surface area contributed by atoms with Crippen molar-refractivity contribution in [1.82, 2.24) is 0 Å². The smallest absolute Gasteiger partial charge is 0.134 e. The first kappa shape index (κ1) is 15.6. The zero-order valence-electron chi connectivity index (χ0n) is 13.3. The normalized spacial score (nSPS) is 13.7. The maximum atomic E-state index is 9.07. The van der Waals surface area contributed by atoms with Crippen molar-refractivity contribution in [3.63, 3.8) is 0 Å². The summed E-state index contributed by atoms with van der Waals surface area (Å²) in [6.07, 6.45) is 3.52. The minimum atomic E-state index is 0.0335. The third-order valence-electron chi connectivity index (χ3n) is 4.11. The van der Waals surface area contributed by atoms with E-state index in [2.05, 4.69) is 23.4 Å². The Morgan fingerprint density at radius 2 is 1.87 bits per heavy atom. The molecule has 0 amide bonds. The molecule has 2 aromatic rings. The van der Waals surface area contributed by atoms with Gasteiger partial charge < -0.3 is 14.7 Å². The Hall–Kier alpha value is -2.33. The van der Waals surface area contributed by atoms with E-state index in [1.807, 2.05) is 24.3 Å². The van der Waals surface area contributed by atoms with Crippen molar-refractivity contribution in [2.45, 2.75) is 25.9 Å². The summed E-state index contributed by atoms with van der Waals surface area (Å²) >= 11 is 0. The van der Waals surface area contributed by atoms with Gasteiger partial charge in [-0.2, -0.15) is 0 Å². The van der Waals surface area contributed by atoms with Gasteiger partial charge in [-0.25, -0.2) is 0 Å². The molecule has 0 saturated carbocycles. The summed E-state index contributed by atoms with van der Waals surface area (Å²) in [5.74, 6) is 0.743. The fourth-order valence-corrected chi connectivity index (χ4v) is 2.87. The van der Waals surface area contributed by atoms with Crippen LogP contribution in [-0.4, -0.2) is 24.5 Å². The zero-order valence-corrected chi connectivity index (χ0v) is 13.3. The van der Waals surface area contributed by atoms with Gasteiger partial charge in [0.1, 0.15) is 25.2 Å². The lowest BCUT2D eigenvalue weighted by Gasteiger charge is -2.10. The van der Waals surface area contributed by atoms with Crippen molar-refractivity contribution in [1.29, 1.82) is 0 Å². The van der Waals surface area contributed by atoms with E-state index in [-0.39, 0.29) is 6.61 Å². The van der Waals surface area contributed by atoms with Crippen molar-refractivity contribution in [2.24, 2.45) is 5.16 Å². The molecule has 1 aliphatic carbocycles. The van der Waals surface area contributed by atoms with Gasteiger partial charge in [-0.05, 0) is 54.2 Å². The molecule has 120 valence electrons. The van der Waals surface area contributed by atoms with E-state index < -0.39 is 0 Å². The molecule has 0 spiro atoms. The zero-order chi connectivity index (χ0) is 16.1. The Kier molecular flexibility index (Phi) is 4.93. The summed E-state index contributed by atoms with van der Waals surface area (Å²) in [4.78, 5) is 4.98. The topological polar surface area (TPSA) is 51.0 Å². The van der Waals surface area contributed by atoms with E-state index in [4.69, 9.17) is 14.7 Å². The van der Waals surface area contributed by atoms with E-state index in [9.17, 15) is 0 Å². The van der Waals surface area contributed by atoms with Crippen LogP contribution < -0.4 is 4.74 Å². The monoisotopic (exact) mass is 311 g/mol. The van der Waals surface area contributed by atoms with Gasteiger partial charge >= 0.3 is 0 Å². The second kappa shape index (κ2) is 7.29. The van der Waals surface area contributed by atoms with Crippen molar-refractivity contribution in [3.8, 4) is 5.75 Å². The third kappa shape index (κ3) is 3.71. The summed E-state index contributed by atoms with van der Waals surface area (Å²) in [5, 5.41) is 13.2. The Morgan fingerprint density at radius 1 is 1.09 bits per heavy atom. The van der Waals surface area contributed by atoms with E-state index in [1.54, 1.807) is 7.11 Å². The van der Waals surface area contributed by atoms with Crippen LogP contribution in [0.4, 0.5) is 0 Å². The van der Waals surface area contributed by atoms with Crippen molar-refractivity contribution < 1.29 is 14.7 Å². The molecule has 0 aliphatic heterocycles. The molecule has 0 heterocycles. The number of aryl methyl sites for hydroxylation is 2. The Bertz CT molecular complexity index is 692. The molecule has 2 aromatic carbocycles. The minimum absolute atomic E-state index is 0.0335. The van der Waals surface area contributed by atoms with Gasteiger partial charge in [0, 0.05) is 5.56 Å². The number of ether oxygens (including phenoxy) is 1. The van der Waals surface area contributed by atoms with Crippen LogP contribution in [0.1, 0.15) is 28.7 Å².